The molecule has 3 N–H and O–H groups in total. The third kappa shape index (κ3) is 6.68. The maximum Gasteiger partial charge on any atom is 0.188 e. The van der Waals surface area contributed by atoms with Crippen molar-refractivity contribution in [3.05, 3.63) is 42.5 Å². The molecule has 1 aliphatic heterocycles. The summed E-state index contributed by atoms with van der Waals surface area (Å²) in [6, 6.07) is 11.0. The third-order valence-electron chi connectivity index (χ3n) is 4.16. The molecule has 0 bridgehead atoms. The molecule has 1 atom stereocenters. The number of hydrogen-bond donors (Lipinski definition) is 2. The molecule has 2 rings (SSSR count). The van der Waals surface area contributed by atoms with Gasteiger partial charge in [0.25, 0.3) is 0 Å². The van der Waals surface area contributed by atoms with Gasteiger partial charge in [-0.25, -0.2) is 0 Å². The number of nitrogens with zero attached hydrogens (tertiary/aromatic N) is 3. The molecule has 1 saturated heterocycles. The Balaban J connectivity index is 0.00000288. The summed E-state index contributed by atoms with van der Waals surface area (Å²) < 4.78 is 0. The minimum atomic E-state index is 0. The fraction of sp³-hybridized carbons (Fsp3) is 0.500. The highest BCUT2D eigenvalue weighted by Crippen LogP contribution is 2.16. The van der Waals surface area contributed by atoms with Crippen molar-refractivity contribution in [2.75, 3.05) is 44.2 Å². The summed E-state index contributed by atoms with van der Waals surface area (Å²) >= 11 is 0. The Labute approximate surface area is 163 Å². The van der Waals surface area contributed by atoms with Gasteiger partial charge in [-0.15, -0.1) is 24.0 Å². The number of anilines is 1. The summed E-state index contributed by atoms with van der Waals surface area (Å²) in [5, 5.41) is 3.07. The molecule has 0 aliphatic carbocycles. The Morgan fingerprint density at radius 1 is 1.25 bits per heavy atom. The number of para-hydroxylation sites is 1. The van der Waals surface area contributed by atoms with Gasteiger partial charge in [0, 0.05) is 44.5 Å². The Kier molecular flexibility index (Phi) is 9.13. The van der Waals surface area contributed by atoms with E-state index in [4.69, 9.17) is 5.73 Å². The van der Waals surface area contributed by atoms with Gasteiger partial charge in [0.2, 0.25) is 0 Å². The number of halogens is 1. The molecule has 5 nitrogen and oxygen atoms in total. The number of benzene rings is 1. The maximum atomic E-state index is 5.87. The van der Waals surface area contributed by atoms with Crippen LogP contribution in [0.3, 0.4) is 0 Å². The Hall–Kier alpha value is -1.28. The van der Waals surface area contributed by atoms with Gasteiger partial charge in [0.1, 0.15) is 0 Å². The fourth-order valence-corrected chi connectivity index (χ4v) is 2.70. The molecule has 1 aromatic rings. The number of rotatable bonds is 6. The molecule has 1 aromatic carbocycles. The van der Waals surface area contributed by atoms with Crippen LogP contribution in [-0.4, -0.2) is 56.2 Å². The Morgan fingerprint density at radius 2 is 1.88 bits per heavy atom. The highest BCUT2D eigenvalue weighted by atomic mass is 127. The fourth-order valence-electron chi connectivity index (χ4n) is 2.70. The molecule has 1 heterocycles. The minimum absolute atomic E-state index is 0. The molecule has 0 spiro atoms. The zero-order valence-electron chi connectivity index (χ0n) is 14.7. The van der Waals surface area contributed by atoms with Gasteiger partial charge in [0.15, 0.2) is 5.96 Å². The van der Waals surface area contributed by atoms with Crippen LogP contribution in [0.1, 0.15) is 13.8 Å². The number of nitrogens with one attached hydrogen (secondary N) is 1. The summed E-state index contributed by atoms with van der Waals surface area (Å²) in [7, 11) is 0. The topological polar surface area (TPSA) is 56.9 Å². The van der Waals surface area contributed by atoms with Gasteiger partial charge < -0.3 is 16.0 Å². The summed E-state index contributed by atoms with van der Waals surface area (Å²) in [6.45, 7) is 13.7. The lowest BCUT2D eigenvalue weighted by molar-refractivity contribution is 0.201. The molecule has 0 radical (unpaired) electrons. The van der Waals surface area contributed by atoms with Crippen LogP contribution < -0.4 is 16.0 Å². The number of aliphatic imine (C=N–C) groups is 1. The van der Waals surface area contributed by atoms with Crippen molar-refractivity contribution in [3.8, 4) is 0 Å². The van der Waals surface area contributed by atoms with Gasteiger partial charge in [-0.3, -0.25) is 9.89 Å². The van der Waals surface area contributed by atoms with Crippen molar-refractivity contribution >= 4 is 35.6 Å². The molecule has 0 aromatic heterocycles. The molecular formula is C18H30IN5. The minimum Gasteiger partial charge on any atom is -0.370 e. The van der Waals surface area contributed by atoms with Gasteiger partial charge in [-0.2, -0.15) is 0 Å². The maximum absolute atomic E-state index is 5.87. The monoisotopic (exact) mass is 443 g/mol. The average molecular weight is 443 g/mol. The van der Waals surface area contributed by atoms with Crippen molar-refractivity contribution in [3.63, 3.8) is 0 Å². The van der Waals surface area contributed by atoms with Crippen molar-refractivity contribution in [2.45, 2.75) is 19.9 Å². The Morgan fingerprint density at radius 3 is 2.46 bits per heavy atom. The van der Waals surface area contributed by atoms with E-state index in [1.807, 2.05) is 6.92 Å². The second-order valence-electron chi connectivity index (χ2n) is 6.24. The molecular weight excluding hydrogens is 413 g/mol. The number of guanidine groups is 1. The van der Waals surface area contributed by atoms with Crippen LogP contribution in [0.15, 0.2) is 47.5 Å². The molecule has 0 saturated carbocycles. The van der Waals surface area contributed by atoms with Crippen LogP contribution in [0.5, 0.6) is 0 Å². The first kappa shape index (κ1) is 20.8. The van der Waals surface area contributed by atoms with Crippen LogP contribution in [-0.2, 0) is 0 Å². The molecule has 1 aliphatic rings. The lowest BCUT2D eigenvalue weighted by atomic mass is 10.2. The van der Waals surface area contributed by atoms with Crippen LogP contribution in [0.4, 0.5) is 5.69 Å². The van der Waals surface area contributed by atoms with E-state index in [2.05, 4.69) is 63.9 Å². The molecule has 1 fully saturated rings. The predicted octanol–water partition coefficient (Wildman–Crippen LogP) is 2.30. The zero-order valence-corrected chi connectivity index (χ0v) is 17.1. The number of hydrogen-bond acceptors (Lipinski definition) is 3. The van der Waals surface area contributed by atoms with Crippen molar-refractivity contribution in [1.29, 1.82) is 0 Å². The van der Waals surface area contributed by atoms with Crippen LogP contribution in [0, 0.1) is 0 Å². The van der Waals surface area contributed by atoms with Gasteiger partial charge >= 0.3 is 0 Å². The summed E-state index contributed by atoms with van der Waals surface area (Å²) in [5.74, 6) is 0.503. The number of piperazine rings is 1. The van der Waals surface area contributed by atoms with E-state index in [1.54, 1.807) is 0 Å². The number of nitrogens with two attached hydrogens (primary N) is 1. The molecule has 134 valence electrons. The summed E-state index contributed by atoms with van der Waals surface area (Å²) in [5.41, 5.74) is 8.23. The van der Waals surface area contributed by atoms with Crippen molar-refractivity contribution < 1.29 is 0 Å². The largest absolute Gasteiger partial charge is 0.370 e. The van der Waals surface area contributed by atoms with Crippen molar-refractivity contribution in [1.82, 2.24) is 10.2 Å². The predicted molar refractivity (Wildman–Crippen MR) is 114 cm³/mol. The Bertz CT molecular complexity index is 523. The van der Waals surface area contributed by atoms with Gasteiger partial charge in [-0.05, 0) is 26.0 Å². The third-order valence-corrected chi connectivity index (χ3v) is 4.16. The van der Waals surface area contributed by atoms with E-state index in [-0.39, 0.29) is 24.0 Å². The summed E-state index contributed by atoms with van der Waals surface area (Å²) in [6.07, 6.45) is 0. The zero-order chi connectivity index (χ0) is 16.7. The van der Waals surface area contributed by atoms with Crippen LogP contribution >= 0.6 is 24.0 Å². The molecule has 24 heavy (non-hydrogen) atoms. The van der Waals surface area contributed by atoms with Gasteiger partial charge in [-0.1, -0.05) is 30.4 Å². The van der Waals surface area contributed by atoms with Crippen LogP contribution in [0.2, 0.25) is 0 Å². The van der Waals surface area contributed by atoms with E-state index in [9.17, 15) is 0 Å². The molecule has 6 heteroatoms. The highest BCUT2D eigenvalue weighted by Gasteiger charge is 2.20. The van der Waals surface area contributed by atoms with Gasteiger partial charge in [0.05, 0.1) is 6.54 Å². The van der Waals surface area contributed by atoms with Crippen LogP contribution in [0.25, 0.3) is 0 Å². The quantitative estimate of drug-likeness (QED) is 0.307. The lowest BCUT2D eigenvalue weighted by Gasteiger charge is -2.38. The SMILES string of the molecule is C=C(C)CNC(N)=NCC(C)N1CCN(c2ccccc2)CC1.I. The van der Waals surface area contributed by atoms with E-state index in [1.165, 1.54) is 5.69 Å². The second kappa shape index (κ2) is 10.6. The first-order chi connectivity index (χ1) is 11.1. The normalized spacial score (nSPS) is 17.1. The van der Waals surface area contributed by atoms with Crippen molar-refractivity contribution in [2.24, 2.45) is 10.7 Å². The second-order valence-corrected chi connectivity index (χ2v) is 6.24. The van der Waals surface area contributed by atoms with E-state index >= 15 is 0 Å². The smallest absolute Gasteiger partial charge is 0.188 e. The van der Waals surface area contributed by atoms with E-state index in [0.29, 0.717) is 18.5 Å². The first-order valence-electron chi connectivity index (χ1n) is 8.28. The van der Waals surface area contributed by atoms with E-state index < -0.39 is 0 Å². The molecule has 0 amide bonds. The van der Waals surface area contributed by atoms with E-state index in [0.717, 1.165) is 38.3 Å². The summed E-state index contributed by atoms with van der Waals surface area (Å²) in [4.78, 5) is 9.36. The highest BCUT2D eigenvalue weighted by molar-refractivity contribution is 14.0. The first-order valence-corrected chi connectivity index (χ1v) is 8.28. The average Bonchev–Trinajstić information content (AvgIpc) is 2.58. The molecule has 1 unspecified atom stereocenters. The lowest BCUT2D eigenvalue weighted by Crippen LogP contribution is -2.50. The standard InChI is InChI=1S/C18H29N5.HI/c1-15(2)13-20-18(19)21-14-16(3)22-9-11-23(12-10-22)17-7-5-4-6-8-17;/h4-8,16H,1,9-14H2,2-3H3,(H3,19,20,21);1H.